The summed E-state index contributed by atoms with van der Waals surface area (Å²) in [6, 6.07) is 0.739. The number of aromatic nitrogens is 2. The van der Waals surface area contributed by atoms with Crippen LogP contribution in [0, 0.1) is 0 Å². The number of rotatable bonds is 1. The summed E-state index contributed by atoms with van der Waals surface area (Å²) >= 11 is 0. The molecule has 1 fully saturated rings. The molecule has 2 nitrogen and oxygen atoms in total. The van der Waals surface area contributed by atoms with Crippen molar-refractivity contribution in [2.75, 3.05) is 0 Å². The molecule has 72 valence electrons. The third kappa shape index (κ3) is 1.62. The molecule has 0 unspecified atom stereocenters. The fourth-order valence-electron chi connectivity index (χ4n) is 1.61. The molecule has 0 atom stereocenters. The largest absolute Gasteiger partial charge is 0.334 e. The summed E-state index contributed by atoms with van der Waals surface area (Å²) in [6.07, 6.45) is 8.25. The van der Waals surface area contributed by atoms with E-state index in [1.165, 1.54) is 25.0 Å². The fourth-order valence-corrected chi connectivity index (χ4v) is 1.61. The minimum atomic E-state index is 0.189. The Hall–Kier alpha value is -0.790. The average Bonchev–Trinajstić information content (AvgIpc) is 2.29. The Balaban J connectivity index is 2.17. The minimum absolute atomic E-state index is 0.189. The highest BCUT2D eigenvalue weighted by Crippen LogP contribution is 2.32. The van der Waals surface area contributed by atoms with Crippen LogP contribution < -0.4 is 0 Å². The van der Waals surface area contributed by atoms with Gasteiger partial charge >= 0.3 is 0 Å². The third-order valence-corrected chi connectivity index (χ3v) is 2.87. The van der Waals surface area contributed by atoms with E-state index in [1.54, 1.807) is 0 Å². The van der Waals surface area contributed by atoms with Crippen LogP contribution in [0.1, 0.15) is 51.8 Å². The van der Waals surface area contributed by atoms with Gasteiger partial charge in [-0.05, 0) is 19.3 Å². The normalized spacial score (nSPS) is 18.7. The van der Waals surface area contributed by atoms with E-state index in [0.29, 0.717) is 0 Å². The number of hydrogen-bond donors (Lipinski definition) is 0. The third-order valence-electron chi connectivity index (χ3n) is 2.87. The summed E-state index contributed by atoms with van der Waals surface area (Å²) in [4.78, 5) is 4.45. The van der Waals surface area contributed by atoms with Crippen molar-refractivity contribution in [3.63, 3.8) is 0 Å². The van der Waals surface area contributed by atoms with Crippen molar-refractivity contribution >= 4 is 0 Å². The van der Waals surface area contributed by atoms with Gasteiger partial charge in [0.1, 0.15) is 0 Å². The second-order valence-corrected chi connectivity index (χ2v) is 5.04. The van der Waals surface area contributed by atoms with Gasteiger partial charge in [-0.25, -0.2) is 4.98 Å². The Morgan fingerprint density at radius 2 is 2.08 bits per heavy atom. The van der Waals surface area contributed by atoms with Crippen molar-refractivity contribution in [3.05, 3.63) is 18.2 Å². The Morgan fingerprint density at radius 1 is 1.38 bits per heavy atom. The first-order valence-corrected chi connectivity index (χ1v) is 5.11. The molecule has 0 aromatic carbocycles. The van der Waals surface area contributed by atoms with Crippen LogP contribution >= 0.6 is 0 Å². The van der Waals surface area contributed by atoms with Gasteiger partial charge in [0, 0.05) is 17.7 Å². The quantitative estimate of drug-likeness (QED) is 0.646. The maximum atomic E-state index is 4.45. The Morgan fingerprint density at radius 3 is 2.46 bits per heavy atom. The van der Waals surface area contributed by atoms with Gasteiger partial charge < -0.3 is 4.57 Å². The second-order valence-electron chi connectivity index (χ2n) is 5.04. The SMILES string of the molecule is CC(C)(C)c1cn(C2CCC2)cn1. The molecule has 0 N–H and O–H groups in total. The lowest BCUT2D eigenvalue weighted by Gasteiger charge is -2.26. The van der Waals surface area contributed by atoms with Gasteiger partial charge in [0.25, 0.3) is 0 Å². The zero-order valence-electron chi connectivity index (χ0n) is 8.75. The lowest BCUT2D eigenvalue weighted by Crippen LogP contribution is -2.16. The maximum absolute atomic E-state index is 4.45. The molecule has 2 rings (SSSR count). The van der Waals surface area contributed by atoms with E-state index in [2.05, 4.69) is 36.5 Å². The van der Waals surface area contributed by atoms with Gasteiger partial charge in [0.15, 0.2) is 0 Å². The van der Waals surface area contributed by atoms with Crippen molar-refractivity contribution in [1.82, 2.24) is 9.55 Å². The number of imidazole rings is 1. The van der Waals surface area contributed by atoms with Crippen LogP contribution in [0.25, 0.3) is 0 Å². The number of nitrogens with zero attached hydrogens (tertiary/aromatic N) is 2. The van der Waals surface area contributed by atoms with E-state index in [-0.39, 0.29) is 5.41 Å². The van der Waals surface area contributed by atoms with E-state index >= 15 is 0 Å². The summed E-state index contributed by atoms with van der Waals surface area (Å²) in [7, 11) is 0. The van der Waals surface area contributed by atoms with Crippen LogP contribution in [0.4, 0.5) is 0 Å². The van der Waals surface area contributed by atoms with Crippen molar-refractivity contribution < 1.29 is 0 Å². The monoisotopic (exact) mass is 178 g/mol. The maximum Gasteiger partial charge on any atom is 0.0952 e. The van der Waals surface area contributed by atoms with Crippen LogP contribution in [0.5, 0.6) is 0 Å². The summed E-state index contributed by atoms with van der Waals surface area (Å²) in [5, 5.41) is 0. The summed E-state index contributed by atoms with van der Waals surface area (Å²) < 4.78 is 2.28. The first-order chi connectivity index (χ1) is 6.07. The van der Waals surface area contributed by atoms with Crippen molar-refractivity contribution in [2.24, 2.45) is 0 Å². The molecular formula is C11H18N2. The molecule has 0 saturated heterocycles. The molecule has 1 aromatic heterocycles. The van der Waals surface area contributed by atoms with E-state index in [4.69, 9.17) is 0 Å². The van der Waals surface area contributed by atoms with Gasteiger partial charge in [0.2, 0.25) is 0 Å². The molecule has 0 spiro atoms. The topological polar surface area (TPSA) is 17.8 Å². The zero-order chi connectivity index (χ0) is 9.47. The van der Waals surface area contributed by atoms with Crippen LogP contribution in [0.2, 0.25) is 0 Å². The molecule has 0 bridgehead atoms. The highest BCUT2D eigenvalue weighted by atomic mass is 15.1. The van der Waals surface area contributed by atoms with Crippen LogP contribution in [0.3, 0.4) is 0 Å². The van der Waals surface area contributed by atoms with Crippen molar-refractivity contribution in [3.8, 4) is 0 Å². The van der Waals surface area contributed by atoms with Gasteiger partial charge in [0.05, 0.1) is 12.0 Å². The highest BCUT2D eigenvalue weighted by molar-refractivity contribution is 5.10. The standard InChI is InChI=1S/C11H18N2/c1-11(2,3)10-7-13(8-12-10)9-5-4-6-9/h7-9H,4-6H2,1-3H3. The van der Waals surface area contributed by atoms with E-state index in [0.717, 1.165) is 6.04 Å². The van der Waals surface area contributed by atoms with Crippen molar-refractivity contribution in [1.29, 1.82) is 0 Å². The molecule has 0 aliphatic heterocycles. The summed E-state index contributed by atoms with van der Waals surface area (Å²) in [5.41, 5.74) is 1.40. The molecule has 1 aromatic rings. The van der Waals surface area contributed by atoms with Gasteiger partial charge in [-0.3, -0.25) is 0 Å². The Labute approximate surface area is 80.0 Å². The summed E-state index contributed by atoms with van der Waals surface area (Å²) in [5.74, 6) is 0. The van der Waals surface area contributed by atoms with Gasteiger partial charge in [-0.1, -0.05) is 20.8 Å². The van der Waals surface area contributed by atoms with E-state index in [1.807, 2.05) is 6.33 Å². The average molecular weight is 178 g/mol. The van der Waals surface area contributed by atoms with E-state index in [9.17, 15) is 0 Å². The molecule has 1 saturated carbocycles. The molecule has 1 aliphatic rings. The molecule has 1 heterocycles. The number of hydrogen-bond acceptors (Lipinski definition) is 1. The Kier molecular flexibility index (Phi) is 1.94. The van der Waals surface area contributed by atoms with Crippen LogP contribution in [-0.4, -0.2) is 9.55 Å². The fraction of sp³-hybridized carbons (Fsp3) is 0.727. The van der Waals surface area contributed by atoms with Gasteiger partial charge in [-0.15, -0.1) is 0 Å². The molecule has 2 heteroatoms. The van der Waals surface area contributed by atoms with Gasteiger partial charge in [-0.2, -0.15) is 0 Å². The second kappa shape index (κ2) is 2.86. The lowest BCUT2D eigenvalue weighted by molar-refractivity contribution is 0.313. The smallest absolute Gasteiger partial charge is 0.0952 e. The molecule has 13 heavy (non-hydrogen) atoms. The zero-order valence-corrected chi connectivity index (χ0v) is 8.75. The Bertz CT molecular complexity index is 289. The van der Waals surface area contributed by atoms with Crippen molar-refractivity contribution in [2.45, 2.75) is 51.5 Å². The molecule has 1 aliphatic carbocycles. The molecule has 0 amide bonds. The summed E-state index contributed by atoms with van der Waals surface area (Å²) in [6.45, 7) is 6.63. The molecule has 0 radical (unpaired) electrons. The first-order valence-electron chi connectivity index (χ1n) is 5.11. The first kappa shape index (κ1) is 8.79. The highest BCUT2D eigenvalue weighted by Gasteiger charge is 2.22. The lowest BCUT2D eigenvalue weighted by atomic mass is 9.91. The predicted molar refractivity (Wildman–Crippen MR) is 53.8 cm³/mol. The van der Waals surface area contributed by atoms with Crippen LogP contribution in [0.15, 0.2) is 12.5 Å². The molecular weight excluding hydrogens is 160 g/mol. The predicted octanol–water partition coefficient (Wildman–Crippen LogP) is 2.91. The van der Waals surface area contributed by atoms with Crippen LogP contribution in [-0.2, 0) is 5.41 Å². The van der Waals surface area contributed by atoms with E-state index < -0.39 is 0 Å². The minimum Gasteiger partial charge on any atom is -0.334 e.